The Labute approximate surface area is 168 Å². The number of methoxy groups -OCH3 is 1. The van der Waals surface area contributed by atoms with Gasteiger partial charge in [-0.25, -0.2) is 4.79 Å². The molecule has 156 valence electrons. The first-order valence-electron chi connectivity index (χ1n) is 9.07. The molecule has 0 N–H and O–H groups in total. The monoisotopic (exact) mass is 418 g/mol. The average Bonchev–Trinajstić information content (AvgIpc) is 3.08. The van der Waals surface area contributed by atoms with Gasteiger partial charge in [-0.1, -0.05) is 0 Å². The molecule has 0 fully saturated rings. The van der Waals surface area contributed by atoms with E-state index in [0.717, 1.165) is 16.8 Å². The van der Waals surface area contributed by atoms with Crippen molar-refractivity contribution in [1.82, 2.24) is 19.2 Å². The number of rotatable bonds is 3. The van der Waals surface area contributed by atoms with Gasteiger partial charge in [0.15, 0.2) is 5.82 Å². The molecule has 7 nitrogen and oxygen atoms in total. The molecule has 0 bridgehead atoms. The van der Waals surface area contributed by atoms with Crippen LogP contribution in [0.1, 0.15) is 21.7 Å². The van der Waals surface area contributed by atoms with Crippen molar-refractivity contribution in [2.75, 3.05) is 13.7 Å². The fourth-order valence-corrected chi connectivity index (χ4v) is 3.30. The lowest BCUT2D eigenvalue weighted by atomic mass is 10.2. The van der Waals surface area contributed by atoms with Crippen LogP contribution < -0.4 is 10.4 Å². The van der Waals surface area contributed by atoms with Crippen LogP contribution in [-0.2, 0) is 19.3 Å². The third-order valence-corrected chi connectivity index (χ3v) is 4.93. The molecule has 2 heterocycles. The lowest BCUT2D eigenvalue weighted by molar-refractivity contribution is -0.137. The number of fused-ring (bicyclic) bond motifs is 1. The summed E-state index contributed by atoms with van der Waals surface area (Å²) in [5.41, 5.74) is -0.558. The molecule has 2 aromatic carbocycles. The molecule has 3 aromatic rings. The second-order valence-electron chi connectivity index (χ2n) is 6.76. The molecule has 4 rings (SSSR count). The Morgan fingerprint density at radius 1 is 1.03 bits per heavy atom. The second-order valence-corrected chi connectivity index (χ2v) is 6.76. The first-order valence-corrected chi connectivity index (χ1v) is 9.07. The van der Waals surface area contributed by atoms with Crippen LogP contribution in [0, 0.1) is 0 Å². The second kappa shape index (κ2) is 7.36. The molecule has 0 radical (unpaired) electrons. The van der Waals surface area contributed by atoms with Crippen LogP contribution in [0.3, 0.4) is 0 Å². The third-order valence-electron chi connectivity index (χ3n) is 4.93. The molecule has 30 heavy (non-hydrogen) atoms. The number of benzene rings is 2. The van der Waals surface area contributed by atoms with Crippen molar-refractivity contribution < 1.29 is 22.7 Å². The topological polar surface area (TPSA) is 69.4 Å². The number of hydrogen-bond acceptors (Lipinski definition) is 4. The van der Waals surface area contributed by atoms with Gasteiger partial charge in [-0.3, -0.25) is 9.36 Å². The zero-order chi connectivity index (χ0) is 21.5. The molecule has 0 atom stereocenters. The first-order chi connectivity index (χ1) is 14.3. The normalized spacial score (nSPS) is 13.8. The van der Waals surface area contributed by atoms with Crippen molar-refractivity contribution in [2.45, 2.75) is 19.3 Å². The predicted octanol–water partition coefficient (Wildman–Crippen LogP) is 2.72. The molecule has 1 aliphatic rings. The van der Waals surface area contributed by atoms with E-state index in [-0.39, 0.29) is 24.7 Å². The van der Waals surface area contributed by atoms with Crippen LogP contribution >= 0.6 is 0 Å². The van der Waals surface area contributed by atoms with Crippen LogP contribution in [0.25, 0.3) is 5.69 Å². The van der Waals surface area contributed by atoms with E-state index in [9.17, 15) is 22.8 Å². The largest absolute Gasteiger partial charge is 0.497 e. The van der Waals surface area contributed by atoms with Gasteiger partial charge >= 0.3 is 11.9 Å². The van der Waals surface area contributed by atoms with Gasteiger partial charge in [0.05, 0.1) is 24.9 Å². The number of amides is 1. The molecule has 1 aromatic heterocycles. The molecular formula is C20H17F3N4O3. The van der Waals surface area contributed by atoms with Gasteiger partial charge in [-0.2, -0.15) is 17.9 Å². The van der Waals surface area contributed by atoms with E-state index in [1.807, 2.05) is 0 Å². The van der Waals surface area contributed by atoms with Crippen molar-refractivity contribution in [3.05, 3.63) is 76.0 Å². The number of nitrogens with zero attached hydrogens (tertiary/aromatic N) is 4. The number of alkyl halides is 3. The lowest BCUT2D eigenvalue weighted by Gasteiger charge is -2.26. The van der Waals surface area contributed by atoms with Gasteiger partial charge in [-0.15, -0.1) is 5.10 Å². The van der Waals surface area contributed by atoms with Gasteiger partial charge in [0, 0.05) is 18.7 Å². The maximum absolute atomic E-state index is 12.8. The van der Waals surface area contributed by atoms with E-state index in [1.54, 1.807) is 29.2 Å². The maximum Gasteiger partial charge on any atom is 0.416 e. The highest BCUT2D eigenvalue weighted by atomic mass is 19.4. The zero-order valence-electron chi connectivity index (χ0n) is 15.9. The van der Waals surface area contributed by atoms with E-state index in [1.165, 1.54) is 23.8 Å². The molecule has 0 saturated carbocycles. The minimum atomic E-state index is -4.46. The van der Waals surface area contributed by atoms with Crippen molar-refractivity contribution in [3.8, 4) is 11.4 Å². The van der Waals surface area contributed by atoms with E-state index < -0.39 is 17.4 Å². The first kappa shape index (κ1) is 19.7. The molecule has 0 unspecified atom stereocenters. The summed E-state index contributed by atoms with van der Waals surface area (Å²) in [5, 5.41) is 4.24. The fourth-order valence-electron chi connectivity index (χ4n) is 3.30. The average molecular weight is 418 g/mol. The summed E-state index contributed by atoms with van der Waals surface area (Å²) >= 11 is 0. The quantitative estimate of drug-likeness (QED) is 0.656. The SMILES string of the molecule is COc1ccc(C(=O)N2CCn3c(nn(-c4ccc(C(F)(F)F)cc4)c3=O)C2)cc1. The highest BCUT2D eigenvalue weighted by Gasteiger charge is 2.30. The van der Waals surface area contributed by atoms with E-state index in [2.05, 4.69) is 5.10 Å². The summed E-state index contributed by atoms with van der Waals surface area (Å²) in [5.74, 6) is 0.794. The molecule has 0 aliphatic carbocycles. The van der Waals surface area contributed by atoms with Crippen molar-refractivity contribution in [1.29, 1.82) is 0 Å². The van der Waals surface area contributed by atoms with Crippen LogP contribution in [-0.4, -0.2) is 38.8 Å². The van der Waals surface area contributed by atoms with E-state index >= 15 is 0 Å². The van der Waals surface area contributed by atoms with Gasteiger partial charge < -0.3 is 9.64 Å². The number of carbonyl (C=O) groups is 1. The van der Waals surface area contributed by atoms with E-state index in [0.29, 0.717) is 23.7 Å². The van der Waals surface area contributed by atoms with Crippen molar-refractivity contribution in [3.63, 3.8) is 0 Å². The number of hydrogen-bond donors (Lipinski definition) is 0. The zero-order valence-corrected chi connectivity index (χ0v) is 15.9. The summed E-state index contributed by atoms with van der Waals surface area (Å²) in [4.78, 5) is 27.0. The minimum Gasteiger partial charge on any atom is -0.497 e. The molecule has 1 amide bonds. The van der Waals surface area contributed by atoms with Gasteiger partial charge in [0.2, 0.25) is 0 Å². The highest BCUT2D eigenvalue weighted by Crippen LogP contribution is 2.29. The minimum absolute atomic E-state index is 0.119. The Bertz CT molecular complexity index is 1130. The van der Waals surface area contributed by atoms with Crippen LogP contribution in [0.15, 0.2) is 53.3 Å². The third kappa shape index (κ3) is 3.56. The molecular weight excluding hydrogens is 401 g/mol. The van der Waals surface area contributed by atoms with E-state index in [4.69, 9.17) is 4.74 Å². The fraction of sp³-hybridized carbons (Fsp3) is 0.250. The predicted molar refractivity (Wildman–Crippen MR) is 101 cm³/mol. The van der Waals surface area contributed by atoms with Crippen LogP contribution in [0.5, 0.6) is 5.75 Å². The van der Waals surface area contributed by atoms with Crippen molar-refractivity contribution >= 4 is 5.91 Å². The maximum atomic E-state index is 12.8. The molecule has 0 spiro atoms. The smallest absolute Gasteiger partial charge is 0.416 e. The number of ether oxygens (including phenoxy) is 1. The van der Waals surface area contributed by atoms with Gasteiger partial charge in [0.1, 0.15) is 5.75 Å². The summed E-state index contributed by atoms with van der Waals surface area (Å²) in [6, 6.07) is 10.9. The Morgan fingerprint density at radius 2 is 1.70 bits per heavy atom. The number of carbonyl (C=O) groups excluding carboxylic acids is 1. The van der Waals surface area contributed by atoms with Crippen LogP contribution in [0.4, 0.5) is 13.2 Å². The Balaban J connectivity index is 1.57. The summed E-state index contributed by atoms with van der Waals surface area (Å²) in [6.07, 6.45) is -4.46. The van der Waals surface area contributed by atoms with Gasteiger partial charge in [-0.05, 0) is 48.5 Å². The van der Waals surface area contributed by atoms with Crippen LogP contribution in [0.2, 0.25) is 0 Å². The van der Waals surface area contributed by atoms with Gasteiger partial charge in [0.25, 0.3) is 5.91 Å². The molecule has 1 aliphatic heterocycles. The Hall–Kier alpha value is -3.56. The standard InChI is InChI=1S/C20H17F3N4O3/c1-30-16-8-2-13(3-9-16)18(28)25-10-11-26-17(12-25)24-27(19(26)29)15-6-4-14(5-7-15)20(21,22)23/h2-9H,10-12H2,1H3. The summed E-state index contributed by atoms with van der Waals surface area (Å²) in [6.45, 7) is 0.681. The Kier molecular flexibility index (Phi) is 4.84. The van der Waals surface area contributed by atoms with Crippen molar-refractivity contribution in [2.24, 2.45) is 0 Å². The molecule has 0 saturated heterocycles. The Morgan fingerprint density at radius 3 is 2.30 bits per heavy atom. The molecule has 10 heteroatoms. The number of aromatic nitrogens is 3. The highest BCUT2D eigenvalue weighted by molar-refractivity contribution is 5.94. The number of halogens is 3. The summed E-state index contributed by atoms with van der Waals surface area (Å²) in [7, 11) is 1.54. The lowest BCUT2D eigenvalue weighted by Crippen LogP contribution is -2.40. The summed E-state index contributed by atoms with van der Waals surface area (Å²) < 4.78 is 45.8.